The van der Waals surface area contributed by atoms with Crippen molar-refractivity contribution in [3.63, 3.8) is 0 Å². The van der Waals surface area contributed by atoms with Crippen LogP contribution in [0.15, 0.2) is 28.7 Å². The predicted octanol–water partition coefficient (Wildman–Crippen LogP) is 3.36. The highest BCUT2D eigenvalue weighted by molar-refractivity contribution is 9.10. The number of nitriles is 1. The first-order chi connectivity index (χ1) is 7.22. The molecular weight excluding hydrogens is 252 g/mol. The van der Waals surface area contributed by atoms with Gasteiger partial charge < -0.3 is 0 Å². The second-order valence-corrected chi connectivity index (χ2v) is 4.22. The molecule has 0 amide bonds. The fraction of sp³-hybridized carbons (Fsp3) is 0.417. The molecule has 0 N–H and O–H groups in total. The Morgan fingerprint density at radius 1 is 1.40 bits per heavy atom. The quantitative estimate of drug-likeness (QED) is 0.836. The maximum Gasteiger partial charge on any atom is 0.123 e. The molecule has 0 spiro atoms. The average molecular weight is 267 g/mol. The van der Waals surface area contributed by atoms with Gasteiger partial charge >= 0.3 is 0 Å². The third-order valence-corrected chi connectivity index (χ3v) is 2.96. The summed E-state index contributed by atoms with van der Waals surface area (Å²) in [4.78, 5) is 2.14. The van der Waals surface area contributed by atoms with E-state index < -0.39 is 0 Å². The smallest absolute Gasteiger partial charge is 0.123 e. The minimum Gasteiger partial charge on any atom is -0.285 e. The van der Waals surface area contributed by atoms with Crippen LogP contribution in [0.25, 0.3) is 0 Å². The Kier molecular flexibility index (Phi) is 4.80. The first kappa shape index (κ1) is 12.2. The van der Waals surface area contributed by atoms with E-state index in [4.69, 9.17) is 0 Å². The normalized spacial score (nSPS) is 12.5. The third kappa shape index (κ3) is 3.05. The van der Waals surface area contributed by atoms with Gasteiger partial charge in [0, 0.05) is 4.47 Å². The Morgan fingerprint density at radius 3 is 2.53 bits per heavy atom. The molecule has 0 aliphatic heterocycles. The number of hydrogen-bond acceptors (Lipinski definition) is 2. The Morgan fingerprint density at radius 2 is 2.07 bits per heavy atom. The standard InChI is InChI=1S/C12H15BrN2/c1-3-15(4-2)12(9-14)10-6-5-7-11(13)8-10/h5-8,12H,3-4H2,1-2H3. The summed E-state index contributed by atoms with van der Waals surface area (Å²) in [5, 5.41) is 9.20. The van der Waals surface area contributed by atoms with Crippen LogP contribution in [0.5, 0.6) is 0 Å². The Balaban J connectivity index is 2.97. The van der Waals surface area contributed by atoms with E-state index >= 15 is 0 Å². The van der Waals surface area contributed by atoms with Gasteiger partial charge in [0.1, 0.15) is 6.04 Å². The summed E-state index contributed by atoms with van der Waals surface area (Å²) in [5.41, 5.74) is 1.05. The van der Waals surface area contributed by atoms with E-state index in [1.165, 1.54) is 0 Å². The molecule has 0 aliphatic carbocycles. The van der Waals surface area contributed by atoms with E-state index in [0.717, 1.165) is 23.1 Å². The molecule has 1 aromatic carbocycles. The van der Waals surface area contributed by atoms with Crippen molar-refractivity contribution in [3.8, 4) is 6.07 Å². The van der Waals surface area contributed by atoms with Crippen molar-refractivity contribution in [2.45, 2.75) is 19.9 Å². The van der Waals surface area contributed by atoms with E-state index in [-0.39, 0.29) is 6.04 Å². The van der Waals surface area contributed by atoms with Crippen LogP contribution in [-0.2, 0) is 0 Å². The predicted molar refractivity (Wildman–Crippen MR) is 65.4 cm³/mol. The Hall–Kier alpha value is -0.850. The van der Waals surface area contributed by atoms with E-state index in [9.17, 15) is 5.26 Å². The molecule has 15 heavy (non-hydrogen) atoms. The number of hydrogen-bond donors (Lipinski definition) is 0. The van der Waals surface area contributed by atoms with Crippen molar-refractivity contribution in [3.05, 3.63) is 34.3 Å². The van der Waals surface area contributed by atoms with Crippen molar-refractivity contribution in [1.29, 1.82) is 5.26 Å². The van der Waals surface area contributed by atoms with Gasteiger partial charge in [-0.05, 0) is 30.8 Å². The van der Waals surface area contributed by atoms with Gasteiger partial charge in [0.15, 0.2) is 0 Å². The number of rotatable bonds is 4. The summed E-state index contributed by atoms with van der Waals surface area (Å²) in [6.07, 6.45) is 0. The van der Waals surface area contributed by atoms with Gasteiger partial charge in [-0.1, -0.05) is 41.9 Å². The second-order valence-electron chi connectivity index (χ2n) is 3.31. The highest BCUT2D eigenvalue weighted by Gasteiger charge is 2.16. The zero-order valence-electron chi connectivity index (χ0n) is 9.07. The monoisotopic (exact) mass is 266 g/mol. The molecule has 80 valence electrons. The average Bonchev–Trinajstić information content (AvgIpc) is 2.25. The summed E-state index contributed by atoms with van der Waals surface area (Å²) in [5.74, 6) is 0. The highest BCUT2D eigenvalue weighted by Crippen LogP contribution is 2.22. The van der Waals surface area contributed by atoms with E-state index in [2.05, 4.69) is 40.7 Å². The highest BCUT2D eigenvalue weighted by atomic mass is 79.9. The van der Waals surface area contributed by atoms with E-state index in [1.54, 1.807) is 0 Å². The van der Waals surface area contributed by atoms with Crippen LogP contribution in [0.2, 0.25) is 0 Å². The molecule has 1 aromatic rings. The number of nitrogens with zero attached hydrogens (tertiary/aromatic N) is 2. The van der Waals surface area contributed by atoms with Gasteiger partial charge in [0.25, 0.3) is 0 Å². The van der Waals surface area contributed by atoms with Gasteiger partial charge in [0.05, 0.1) is 6.07 Å². The molecular formula is C12H15BrN2. The van der Waals surface area contributed by atoms with Crippen LogP contribution in [0.3, 0.4) is 0 Å². The number of halogens is 1. The third-order valence-electron chi connectivity index (χ3n) is 2.46. The summed E-state index contributed by atoms with van der Waals surface area (Å²) in [6, 6.07) is 10.2. The Labute approximate surface area is 99.6 Å². The van der Waals surface area contributed by atoms with Gasteiger partial charge in [0.2, 0.25) is 0 Å². The summed E-state index contributed by atoms with van der Waals surface area (Å²) in [7, 11) is 0. The molecule has 2 nitrogen and oxygen atoms in total. The molecule has 0 aliphatic rings. The van der Waals surface area contributed by atoms with Gasteiger partial charge in [-0.2, -0.15) is 5.26 Å². The topological polar surface area (TPSA) is 27.0 Å². The second kappa shape index (κ2) is 5.89. The number of benzene rings is 1. The van der Waals surface area contributed by atoms with Crippen molar-refractivity contribution in [2.24, 2.45) is 0 Å². The largest absolute Gasteiger partial charge is 0.285 e. The van der Waals surface area contributed by atoms with Crippen LogP contribution < -0.4 is 0 Å². The molecule has 1 rings (SSSR count). The minimum atomic E-state index is -0.141. The first-order valence-corrected chi connectivity index (χ1v) is 5.91. The van der Waals surface area contributed by atoms with Crippen molar-refractivity contribution >= 4 is 15.9 Å². The summed E-state index contributed by atoms with van der Waals surface area (Å²) < 4.78 is 1.02. The van der Waals surface area contributed by atoms with Gasteiger partial charge in [-0.25, -0.2) is 0 Å². The van der Waals surface area contributed by atoms with Gasteiger partial charge in [-0.15, -0.1) is 0 Å². The van der Waals surface area contributed by atoms with Crippen molar-refractivity contribution in [1.82, 2.24) is 4.90 Å². The first-order valence-electron chi connectivity index (χ1n) is 5.12. The zero-order valence-corrected chi connectivity index (χ0v) is 10.7. The molecule has 0 aromatic heterocycles. The maximum atomic E-state index is 9.20. The minimum absolute atomic E-state index is 0.141. The molecule has 0 bridgehead atoms. The molecule has 0 heterocycles. The lowest BCUT2D eigenvalue weighted by atomic mass is 10.1. The van der Waals surface area contributed by atoms with Crippen molar-refractivity contribution < 1.29 is 0 Å². The lowest BCUT2D eigenvalue weighted by Gasteiger charge is -2.24. The van der Waals surface area contributed by atoms with Crippen LogP contribution in [0.4, 0.5) is 0 Å². The maximum absolute atomic E-state index is 9.20. The van der Waals surface area contributed by atoms with Crippen LogP contribution >= 0.6 is 15.9 Å². The van der Waals surface area contributed by atoms with Crippen LogP contribution in [0.1, 0.15) is 25.5 Å². The van der Waals surface area contributed by atoms with E-state index in [0.29, 0.717) is 0 Å². The van der Waals surface area contributed by atoms with E-state index in [1.807, 2.05) is 24.3 Å². The Bertz CT molecular complexity index is 353. The molecule has 1 atom stereocenters. The van der Waals surface area contributed by atoms with Crippen molar-refractivity contribution in [2.75, 3.05) is 13.1 Å². The summed E-state index contributed by atoms with van der Waals surface area (Å²) in [6.45, 7) is 5.93. The molecule has 0 saturated heterocycles. The van der Waals surface area contributed by atoms with Crippen LogP contribution in [0, 0.1) is 11.3 Å². The lowest BCUT2D eigenvalue weighted by molar-refractivity contribution is 0.262. The van der Waals surface area contributed by atoms with Crippen LogP contribution in [-0.4, -0.2) is 18.0 Å². The fourth-order valence-corrected chi connectivity index (χ4v) is 2.05. The summed E-state index contributed by atoms with van der Waals surface area (Å²) >= 11 is 3.42. The molecule has 0 radical (unpaired) electrons. The zero-order chi connectivity index (χ0) is 11.3. The molecule has 1 unspecified atom stereocenters. The van der Waals surface area contributed by atoms with Gasteiger partial charge in [-0.3, -0.25) is 4.90 Å². The SMILES string of the molecule is CCN(CC)C(C#N)c1cccc(Br)c1. The fourth-order valence-electron chi connectivity index (χ4n) is 1.63. The molecule has 3 heteroatoms. The molecule has 0 saturated carbocycles. The lowest BCUT2D eigenvalue weighted by Crippen LogP contribution is -2.27. The molecule has 0 fully saturated rings.